The molecule has 1 fully saturated rings. The molecule has 2 heterocycles. The molecular formula is C25H33ClFNO3. The van der Waals surface area contributed by atoms with E-state index in [2.05, 4.69) is 25.7 Å². The predicted molar refractivity (Wildman–Crippen MR) is 123 cm³/mol. The third-order valence-corrected chi connectivity index (χ3v) is 6.10. The lowest BCUT2D eigenvalue weighted by molar-refractivity contribution is 0.102. The largest absolute Gasteiger partial charge is 0.493 e. The quantitative estimate of drug-likeness (QED) is 0.549. The van der Waals surface area contributed by atoms with Crippen LogP contribution in [0.15, 0.2) is 42.5 Å². The smallest absolute Gasteiger partial charge is 0.231 e. The molecule has 0 aromatic heterocycles. The molecule has 31 heavy (non-hydrogen) atoms. The molecule has 2 aliphatic heterocycles. The van der Waals surface area contributed by atoms with E-state index in [0.29, 0.717) is 23.9 Å². The highest BCUT2D eigenvalue weighted by Crippen LogP contribution is 2.37. The number of hydrogen-bond donors (Lipinski definition) is 0. The summed E-state index contributed by atoms with van der Waals surface area (Å²) in [7, 11) is 0. The van der Waals surface area contributed by atoms with Crippen LogP contribution < -0.4 is 14.2 Å². The third kappa shape index (κ3) is 6.27. The van der Waals surface area contributed by atoms with Crippen LogP contribution in [0.3, 0.4) is 0 Å². The van der Waals surface area contributed by atoms with Gasteiger partial charge < -0.3 is 19.1 Å². The Morgan fingerprint density at radius 3 is 2.55 bits per heavy atom. The highest BCUT2D eigenvalue weighted by Gasteiger charge is 2.31. The van der Waals surface area contributed by atoms with Gasteiger partial charge in [0.15, 0.2) is 11.5 Å². The Morgan fingerprint density at radius 1 is 1.06 bits per heavy atom. The lowest BCUT2D eigenvalue weighted by atomic mass is 9.80. The first-order chi connectivity index (χ1) is 14.4. The predicted octanol–water partition coefficient (Wildman–Crippen LogP) is 5.90. The summed E-state index contributed by atoms with van der Waals surface area (Å²) in [6.45, 7) is 10.9. The molecule has 0 bridgehead atoms. The van der Waals surface area contributed by atoms with E-state index in [1.54, 1.807) is 12.1 Å². The molecule has 2 atom stereocenters. The van der Waals surface area contributed by atoms with Crippen LogP contribution in [0.1, 0.15) is 45.1 Å². The van der Waals surface area contributed by atoms with Crippen LogP contribution in [-0.4, -0.2) is 37.9 Å². The Labute approximate surface area is 191 Å². The normalized spacial score (nSPS) is 20.9. The highest BCUT2D eigenvalue weighted by atomic mass is 35.5. The molecular weight excluding hydrogens is 417 g/mol. The van der Waals surface area contributed by atoms with Crippen molar-refractivity contribution in [2.75, 3.05) is 33.0 Å². The van der Waals surface area contributed by atoms with Crippen LogP contribution in [0.25, 0.3) is 0 Å². The second-order valence-corrected chi connectivity index (χ2v) is 9.64. The molecule has 6 heteroatoms. The maximum Gasteiger partial charge on any atom is 0.231 e. The zero-order valence-electron chi connectivity index (χ0n) is 18.6. The van der Waals surface area contributed by atoms with Gasteiger partial charge in [-0.3, -0.25) is 0 Å². The maximum atomic E-state index is 13.4. The fourth-order valence-electron chi connectivity index (χ4n) is 4.29. The standard InChI is InChI=1S/C25H32FNO3.ClH/c1-25(2,3)11-13-27-12-10-22(18-4-6-20(26)7-5-18)19(15-27)16-28-21-8-9-23-24(14-21)30-17-29-23;/h4-9,14,19,22H,10-13,15-17H2,1-3H3;1H/t19-,22-;/m1./s1. The summed E-state index contributed by atoms with van der Waals surface area (Å²) in [5.74, 6) is 2.81. The molecule has 0 aliphatic carbocycles. The van der Waals surface area contributed by atoms with E-state index in [1.807, 2.05) is 30.3 Å². The minimum atomic E-state index is -0.186. The third-order valence-electron chi connectivity index (χ3n) is 6.10. The van der Waals surface area contributed by atoms with Gasteiger partial charge in [0.2, 0.25) is 6.79 Å². The SMILES string of the molecule is CC(C)(C)CCN1CC[C@H](c2ccc(F)cc2)[C@@H](COc2ccc3c(c2)OCO3)C1.Cl. The summed E-state index contributed by atoms with van der Waals surface area (Å²) >= 11 is 0. The van der Waals surface area contributed by atoms with Crippen LogP contribution in [0.4, 0.5) is 4.39 Å². The highest BCUT2D eigenvalue weighted by molar-refractivity contribution is 5.85. The Hall–Kier alpha value is -1.98. The van der Waals surface area contributed by atoms with Gasteiger partial charge >= 0.3 is 0 Å². The number of piperidine rings is 1. The molecule has 0 spiro atoms. The first-order valence-electron chi connectivity index (χ1n) is 10.9. The molecule has 170 valence electrons. The minimum Gasteiger partial charge on any atom is -0.493 e. The second-order valence-electron chi connectivity index (χ2n) is 9.64. The molecule has 4 rings (SSSR count). The van der Waals surface area contributed by atoms with E-state index in [0.717, 1.165) is 43.3 Å². The van der Waals surface area contributed by atoms with E-state index in [1.165, 1.54) is 12.0 Å². The van der Waals surface area contributed by atoms with Gasteiger partial charge in [-0.05, 0) is 67.1 Å². The lowest BCUT2D eigenvalue weighted by Gasteiger charge is -2.39. The van der Waals surface area contributed by atoms with Crippen LogP contribution in [0, 0.1) is 17.2 Å². The first kappa shape index (κ1) is 23.7. The van der Waals surface area contributed by atoms with E-state index >= 15 is 0 Å². The van der Waals surface area contributed by atoms with Crippen LogP contribution in [-0.2, 0) is 0 Å². The van der Waals surface area contributed by atoms with Gasteiger partial charge in [-0.15, -0.1) is 12.4 Å². The average Bonchev–Trinajstić information content (AvgIpc) is 3.19. The van der Waals surface area contributed by atoms with Crippen molar-refractivity contribution in [3.05, 3.63) is 53.8 Å². The molecule has 1 saturated heterocycles. The second kappa shape index (κ2) is 10.1. The molecule has 2 aliphatic rings. The number of ether oxygens (including phenoxy) is 3. The molecule has 0 unspecified atom stereocenters. The Balaban J connectivity index is 0.00000272. The molecule has 0 saturated carbocycles. The van der Waals surface area contributed by atoms with Crippen molar-refractivity contribution >= 4 is 12.4 Å². The van der Waals surface area contributed by atoms with Gasteiger partial charge in [0.1, 0.15) is 11.6 Å². The Bertz CT molecular complexity index is 853. The Morgan fingerprint density at radius 2 is 1.81 bits per heavy atom. The van der Waals surface area contributed by atoms with Crippen molar-refractivity contribution in [3.8, 4) is 17.2 Å². The van der Waals surface area contributed by atoms with Gasteiger partial charge in [0, 0.05) is 18.5 Å². The van der Waals surface area contributed by atoms with Gasteiger partial charge in [-0.2, -0.15) is 0 Å². The van der Waals surface area contributed by atoms with Gasteiger partial charge in [0.25, 0.3) is 0 Å². The number of fused-ring (bicyclic) bond motifs is 1. The molecule has 0 amide bonds. The molecule has 4 nitrogen and oxygen atoms in total. The minimum absolute atomic E-state index is 0. The van der Waals surface area contributed by atoms with E-state index in [-0.39, 0.29) is 25.0 Å². The summed E-state index contributed by atoms with van der Waals surface area (Å²) in [6.07, 6.45) is 2.23. The molecule has 2 aromatic carbocycles. The summed E-state index contributed by atoms with van der Waals surface area (Å²) in [5.41, 5.74) is 1.53. The van der Waals surface area contributed by atoms with Crippen molar-refractivity contribution in [2.24, 2.45) is 11.3 Å². The van der Waals surface area contributed by atoms with Crippen molar-refractivity contribution in [3.63, 3.8) is 0 Å². The van der Waals surface area contributed by atoms with Crippen LogP contribution >= 0.6 is 12.4 Å². The number of likely N-dealkylation sites (tertiary alicyclic amines) is 1. The van der Waals surface area contributed by atoms with Gasteiger partial charge in [-0.1, -0.05) is 32.9 Å². The topological polar surface area (TPSA) is 30.9 Å². The number of rotatable bonds is 6. The number of hydrogen-bond acceptors (Lipinski definition) is 4. The van der Waals surface area contributed by atoms with Crippen molar-refractivity contribution in [1.82, 2.24) is 4.90 Å². The van der Waals surface area contributed by atoms with Gasteiger partial charge in [-0.25, -0.2) is 4.39 Å². The summed E-state index contributed by atoms with van der Waals surface area (Å²) in [5, 5.41) is 0. The summed E-state index contributed by atoms with van der Waals surface area (Å²) in [6, 6.07) is 12.7. The van der Waals surface area contributed by atoms with Crippen LogP contribution in [0.2, 0.25) is 0 Å². The molecule has 0 radical (unpaired) electrons. The van der Waals surface area contributed by atoms with Crippen molar-refractivity contribution in [1.29, 1.82) is 0 Å². The Kier molecular flexibility index (Phi) is 7.71. The monoisotopic (exact) mass is 449 g/mol. The summed E-state index contributed by atoms with van der Waals surface area (Å²) < 4.78 is 30.5. The van der Waals surface area contributed by atoms with Crippen molar-refractivity contribution < 1.29 is 18.6 Å². The zero-order chi connectivity index (χ0) is 21.1. The van der Waals surface area contributed by atoms with E-state index in [4.69, 9.17) is 14.2 Å². The maximum absolute atomic E-state index is 13.4. The average molecular weight is 450 g/mol. The fraction of sp³-hybridized carbons (Fsp3) is 0.520. The number of benzene rings is 2. The number of nitrogens with zero attached hydrogens (tertiary/aromatic N) is 1. The van der Waals surface area contributed by atoms with Crippen LogP contribution in [0.5, 0.6) is 17.2 Å². The van der Waals surface area contributed by atoms with E-state index < -0.39 is 0 Å². The molecule has 2 aromatic rings. The number of halogens is 2. The van der Waals surface area contributed by atoms with Gasteiger partial charge in [0.05, 0.1) is 6.61 Å². The zero-order valence-corrected chi connectivity index (χ0v) is 19.4. The van der Waals surface area contributed by atoms with Crippen molar-refractivity contribution in [2.45, 2.75) is 39.5 Å². The fourth-order valence-corrected chi connectivity index (χ4v) is 4.29. The first-order valence-corrected chi connectivity index (χ1v) is 10.9. The molecule has 0 N–H and O–H groups in total. The lowest BCUT2D eigenvalue weighted by Crippen LogP contribution is -2.43. The van der Waals surface area contributed by atoms with E-state index in [9.17, 15) is 4.39 Å². The summed E-state index contributed by atoms with van der Waals surface area (Å²) in [4.78, 5) is 2.55.